The highest BCUT2D eigenvalue weighted by atomic mass is 35.5. The Bertz CT molecular complexity index is 969. The lowest BCUT2D eigenvalue weighted by Gasteiger charge is -2.45. The minimum absolute atomic E-state index is 0. The van der Waals surface area contributed by atoms with E-state index in [1.165, 1.54) is 33.4 Å². The molecule has 0 amide bonds. The molecule has 0 heterocycles. The van der Waals surface area contributed by atoms with Crippen molar-refractivity contribution in [3.8, 4) is 22.3 Å². The predicted molar refractivity (Wildman–Crippen MR) is 125 cm³/mol. The van der Waals surface area contributed by atoms with Gasteiger partial charge in [0.25, 0.3) is 0 Å². The van der Waals surface area contributed by atoms with E-state index in [1.807, 2.05) is 7.11 Å². The molecule has 1 aliphatic carbocycles. The van der Waals surface area contributed by atoms with Gasteiger partial charge < -0.3 is 9.64 Å². The predicted octanol–water partition coefficient (Wildman–Crippen LogP) is 6.18. The molecule has 2 unspecified atom stereocenters. The number of methoxy groups -OCH3 is 1. The van der Waals surface area contributed by atoms with Crippen molar-refractivity contribution in [2.45, 2.75) is 31.4 Å². The van der Waals surface area contributed by atoms with Crippen LogP contribution in [0, 0.1) is 0 Å². The number of hydrogen-bond acceptors (Lipinski definition) is 2. The van der Waals surface area contributed by atoms with E-state index < -0.39 is 0 Å². The van der Waals surface area contributed by atoms with Crippen LogP contribution in [0.15, 0.2) is 72.8 Å². The molecule has 2 nitrogen and oxygen atoms in total. The quantitative estimate of drug-likeness (QED) is 0.512. The lowest BCUT2D eigenvalue weighted by atomic mass is 9.75. The van der Waals surface area contributed by atoms with Gasteiger partial charge in [0, 0.05) is 13.2 Å². The number of rotatable bonds is 4. The third kappa shape index (κ3) is 3.85. The van der Waals surface area contributed by atoms with Gasteiger partial charge in [0.2, 0.25) is 0 Å². The van der Waals surface area contributed by atoms with Crippen LogP contribution in [0.25, 0.3) is 22.3 Å². The number of aryl methyl sites for hydroxylation is 1. The van der Waals surface area contributed by atoms with Gasteiger partial charge in [-0.15, -0.1) is 12.4 Å². The van der Waals surface area contributed by atoms with E-state index >= 15 is 0 Å². The fourth-order valence-corrected chi connectivity index (χ4v) is 4.80. The molecule has 0 saturated carbocycles. The second-order valence-corrected chi connectivity index (χ2v) is 8.11. The van der Waals surface area contributed by atoms with E-state index in [0.29, 0.717) is 6.04 Å². The zero-order valence-corrected chi connectivity index (χ0v) is 18.5. The molecule has 1 aliphatic rings. The molecule has 3 heteroatoms. The Labute approximate surface area is 180 Å². The molecule has 0 aliphatic heterocycles. The number of halogens is 1. The minimum Gasteiger partial charge on any atom is -0.372 e. The van der Waals surface area contributed by atoms with Gasteiger partial charge >= 0.3 is 0 Å². The highest BCUT2D eigenvalue weighted by Gasteiger charge is 2.41. The van der Waals surface area contributed by atoms with Crippen molar-refractivity contribution in [3.05, 3.63) is 83.9 Å². The largest absolute Gasteiger partial charge is 0.372 e. The second kappa shape index (κ2) is 8.71. The number of likely N-dealkylation sites (N-methyl/N-ethyl adjacent to an activating group) is 1. The third-order valence-corrected chi connectivity index (χ3v) is 6.33. The SMILES string of the molecule is COC1(C)c2ccc(-c3ccccc3-c3ccccc3)cc2CCC1N(C)C.Cl. The Kier molecular flexibility index (Phi) is 6.48. The summed E-state index contributed by atoms with van der Waals surface area (Å²) in [5, 5.41) is 0. The lowest BCUT2D eigenvalue weighted by molar-refractivity contribution is -0.0686. The summed E-state index contributed by atoms with van der Waals surface area (Å²) in [6.45, 7) is 2.23. The maximum absolute atomic E-state index is 6.08. The third-order valence-electron chi connectivity index (χ3n) is 6.33. The lowest BCUT2D eigenvalue weighted by Crippen LogP contribution is -2.50. The van der Waals surface area contributed by atoms with Gasteiger partial charge in [-0.1, -0.05) is 72.8 Å². The molecule has 4 rings (SSSR count). The first kappa shape index (κ1) is 21.6. The van der Waals surface area contributed by atoms with Crippen molar-refractivity contribution >= 4 is 12.4 Å². The van der Waals surface area contributed by atoms with Gasteiger partial charge in [-0.2, -0.15) is 0 Å². The Hall–Kier alpha value is -2.13. The Morgan fingerprint density at radius 2 is 1.48 bits per heavy atom. The average molecular weight is 408 g/mol. The van der Waals surface area contributed by atoms with Crippen LogP contribution in [-0.2, 0) is 16.8 Å². The highest BCUT2D eigenvalue weighted by molar-refractivity contribution is 5.85. The molecular formula is C26H30ClNO. The van der Waals surface area contributed by atoms with Gasteiger partial charge in [-0.3, -0.25) is 0 Å². The average Bonchev–Trinajstić information content (AvgIpc) is 2.74. The zero-order chi connectivity index (χ0) is 19.7. The fraction of sp³-hybridized carbons (Fsp3) is 0.308. The van der Waals surface area contributed by atoms with Crippen LogP contribution in [0.2, 0.25) is 0 Å². The molecular weight excluding hydrogens is 378 g/mol. The van der Waals surface area contributed by atoms with Crippen molar-refractivity contribution in [1.82, 2.24) is 4.90 Å². The van der Waals surface area contributed by atoms with Crippen molar-refractivity contribution < 1.29 is 4.74 Å². The van der Waals surface area contributed by atoms with Gasteiger partial charge in [0.1, 0.15) is 5.60 Å². The first-order chi connectivity index (χ1) is 13.5. The van der Waals surface area contributed by atoms with Gasteiger partial charge in [0.15, 0.2) is 0 Å². The molecule has 0 spiro atoms. The number of nitrogens with zero attached hydrogens (tertiary/aromatic N) is 1. The van der Waals surface area contributed by atoms with Crippen LogP contribution < -0.4 is 0 Å². The van der Waals surface area contributed by atoms with E-state index in [2.05, 4.69) is 98.7 Å². The standard InChI is InChI=1S/C26H29NO.ClH/c1-26(28-4)24-16-14-20(18-21(24)15-17-25(26)27(2)3)23-13-9-8-12-22(23)19-10-6-5-7-11-19;/h5-14,16,18,25H,15,17H2,1-4H3;1H. The summed E-state index contributed by atoms with van der Waals surface area (Å²) in [4.78, 5) is 2.30. The summed E-state index contributed by atoms with van der Waals surface area (Å²) in [6, 6.07) is 26.6. The van der Waals surface area contributed by atoms with Gasteiger partial charge in [0.05, 0.1) is 0 Å². The van der Waals surface area contributed by atoms with Crippen molar-refractivity contribution in [1.29, 1.82) is 0 Å². The molecule has 152 valence electrons. The van der Waals surface area contributed by atoms with Crippen LogP contribution in [0.3, 0.4) is 0 Å². The molecule has 2 atom stereocenters. The topological polar surface area (TPSA) is 12.5 Å². The van der Waals surface area contributed by atoms with Crippen LogP contribution in [-0.4, -0.2) is 32.1 Å². The van der Waals surface area contributed by atoms with E-state index in [9.17, 15) is 0 Å². The molecule has 0 bridgehead atoms. The summed E-state index contributed by atoms with van der Waals surface area (Å²) < 4.78 is 6.08. The molecule has 29 heavy (non-hydrogen) atoms. The molecule has 3 aromatic rings. The van der Waals surface area contributed by atoms with Gasteiger partial charge in [-0.05, 0) is 67.2 Å². The summed E-state index contributed by atoms with van der Waals surface area (Å²) in [7, 11) is 6.14. The van der Waals surface area contributed by atoms with Gasteiger partial charge in [-0.25, -0.2) is 0 Å². The van der Waals surface area contributed by atoms with E-state index in [4.69, 9.17) is 4.74 Å². The van der Waals surface area contributed by atoms with E-state index in [0.717, 1.165) is 12.8 Å². The molecule has 0 aromatic heterocycles. The zero-order valence-electron chi connectivity index (χ0n) is 17.7. The van der Waals surface area contributed by atoms with Crippen LogP contribution >= 0.6 is 12.4 Å². The second-order valence-electron chi connectivity index (χ2n) is 8.11. The monoisotopic (exact) mass is 407 g/mol. The smallest absolute Gasteiger partial charge is 0.106 e. The highest BCUT2D eigenvalue weighted by Crippen LogP contribution is 2.42. The maximum atomic E-state index is 6.08. The summed E-state index contributed by atoms with van der Waals surface area (Å²) in [5.74, 6) is 0. The van der Waals surface area contributed by atoms with E-state index in [-0.39, 0.29) is 18.0 Å². The Morgan fingerprint density at radius 1 is 0.862 bits per heavy atom. The summed E-state index contributed by atoms with van der Waals surface area (Å²) in [6.07, 6.45) is 2.19. The normalized spacial score (nSPS) is 20.8. The van der Waals surface area contributed by atoms with Crippen LogP contribution in [0.5, 0.6) is 0 Å². The Balaban J connectivity index is 0.00000240. The van der Waals surface area contributed by atoms with Crippen molar-refractivity contribution in [2.24, 2.45) is 0 Å². The Morgan fingerprint density at radius 3 is 2.10 bits per heavy atom. The van der Waals surface area contributed by atoms with Crippen molar-refractivity contribution in [3.63, 3.8) is 0 Å². The summed E-state index contributed by atoms with van der Waals surface area (Å²) in [5.41, 5.74) is 7.54. The molecule has 3 aromatic carbocycles. The van der Waals surface area contributed by atoms with E-state index in [1.54, 1.807) is 0 Å². The number of hydrogen-bond donors (Lipinski definition) is 0. The molecule has 0 radical (unpaired) electrons. The number of benzene rings is 3. The molecule has 0 N–H and O–H groups in total. The van der Waals surface area contributed by atoms with Crippen molar-refractivity contribution in [2.75, 3.05) is 21.2 Å². The number of fused-ring (bicyclic) bond motifs is 1. The number of ether oxygens (including phenoxy) is 1. The fourth-order valence-electron chi connectivity index (χ4n) is 4.80. The molecule has 0 saturated heterocycles. The van der Waals surface area contributed by atoms with Crippen LogP contribution in [0.1, 0.15) is 24.5 Å². The van der Waals surface area contributed by atoms with Crippen LogP contribution in [0.4, 0.5) is 0 Å². The minimum atomic E-state index is -0.283. The molecule has 0 fully saturated rings. The first-order valence-corrected chi connectivity index (χ1v) is 10.0. The maximum Gasteiger partial charge on any atom is 0.106 e. The first-order valence-electron chi connectivity index (χ1n) is 10.0. The summed E-state index contributed by atoms with van der Waals surface area (Å²) >= 11 is 0.